The largest absolute Gasteiger partial charge is 0.478 e. The van der Waals surface area contributed by atoms with Gasteiger partial charge in [-0.15, -0.1) is 0 Å². The average molecular weight is 243 g/mol. The molecule has 0 unspecified atom stereocenters. The van der Waals surface area contributed by atoms with Crippen LogP contribution in [-0.2, 0) is 12.8 Å². The van der Waals surface area contributed by atoms with Crippen molar-refractivity contribution in [2.75, 3.05) is 0 Å². The predicted octanol–water partition coefficient (Wildman–Crippen LogP) is 3.38. The molecule has 18 heavy (non-hydrogen) atoms. The van der Waals surface area contributed by atoms with E-state index in [1.807, 2.05) is 6.07 Å². The van der Waals surface area contributed by atoms with Crippen LogP contribution < -0.4 is 0 Å². The average Bonchev–Trinajstić information content (AvgIpc) is 2.65. The number of aromatic nitrogens is 1. The Bertz CT molecular complexity index is 637. The zero-order chi connectivity index (χ0) is 12.9. The maximum absolute atomic E-state index is 11.1. The van der Waals surface area contributed by atoms with Crippen LogP contribution in [0.1, 0.15) is 41.9 Å². The van der Waals surface area contributed by atoms with Crippen molar-refractivity contribution in [1.29, 1.82) is 0 Å². The number of rotatable bonds is 1. The lowest BCUT2D eigenvalue weighted by Gasteiger charge is -2.29. The van der Waals surface area contributed by atoms with E-state index >= 15 is 0 Å². The number of hydrogen-bond donors (Lipinski definition) is 2. The summed E-state index contributed by atoms with van der Waals surface area (Å²) in [6.45, 7) is 4.55. The quantitative estimate of drug-likeness (QED) is 0.806. The molecule has 0 aliphatic heterocycles. The van der Waals surface area contributed by atoms with Crippen LogP contribution in [0, 0.1) is 5.41 Å². The van der Waals surface area contributed by atoms with Gasteiger partial charge >= 0.3 is 5.97 Å². The van der Waals surface area contributed by atoms with Crippen molar-refractivity contribution in [2.45, 2.75) is 33.1 Å². The Morgan fingerprint density at radius 1 is 1.39 bits per heavy atom. The molecule has 0 atom stereocenters. The molecule has 2 N–H and O–H groups in total. The molecule has 1 aliphatic carbocycles. The molecule has 3 nitrogen and oxygen atoms in total. The Hall–Kier alpha value is -1.77. The number of aryl methyl sites for hydroxylation is 1. The molecular weight excluding hydrogens is 226 g/mol. The van der Waals surface area contributed by atoms with Gasteiger partial charge in [-0.25, -0.2) is 4.79 Å². The van der Waals surface area contributed by atoms with Crippen LogP contribution >= 0.6 is 0 Å². The number of carboxylic acids is 1. The fourth-order valence-electron chi connectivity index (χ4n) is 2.88. The third-order valence-electron chi connectivity index (χ3n) is 3.95. The van der Waals surface area contributed by atoms with E-state index in [-0.39, 0.29) is 0 Å². The van der Waals surface area contributed by atoms with Gasteiger partial charge in [0.25, 0.3) is 0 Å². The number of aromatic amines is 1. The monoisotopic (exact) mass is 243 g/mol. The molecule has 0 amide bonds. The number of nitrogens with one attached hydrogen (secondary N) is 1. The van der Waals surface area contributed by atoms with Crippen LogP contribution in [0.4, 0.5) is 0 Å². The summed E-state index contributed by atoms with van der Waals surface area (Å²) >= 11 is 0. The third-order valence-corrected chi connectivity index (χ3v) is 3.95. The molecule has 1 aromatic heterocycles. The summed E-state index contributed by atoms with van der Waals surface area (Å²) in [6, 6.07) is 5.34. The van der Waals surface area contributed by atoms with Gasteiger partial charge < -0.3 is 10.1 Å². The van der Waals surface area contributed by atoms with Crippen LogP contribution in [0.25, 0.3) is 10.9 Å². The van der Waals surface area contributed by atoms with Crippen LogP contribution in [0.15, 0.2) is 18.2 Å². The van der Waals surface area contributed by atoms with Gasteiger partial charge in [0.15, 0.2) is 0 Å². The standard InChI is InChI=1S/C15H17NO2/c1-15(2)6-5-13-11(8-15)10-7-9(14(17)18)3-4-12(10)16-13/h3-4,7,16H,5-6,8H2,1-2H3,(H,17,18). The van der Waals surface area contributed by atoms with Gasteiger partial charge in [0.1, 0.15) is 0 Å². The minimum Gasteiger partial charge on any atom is -0.478 e. The lowest BCUT2D eigenvalue weighted by atomic mass is 9.76. The molecule has 1 aromatic carbocycles. The lowest BCUT2D eigenvalue weighted by Crippen LogP contribution is -2.21. The molecule has 2 aromatic rings. The highest BCUT2D eigenvalue weighted by Crippen LogP contribution is 2.38. The number of benzene rings is 1. The molecule has 0 saturated carbocycles. The topological polar surface area (TPSA) is 53.1 Å². The van der Waals surface area contributed by atoms with Crippen LogP contribution in [0.5, 0.6) is 0 Å². The first-order valence-corrected chi connectivity index (χ1v) is 6.33. The summed E-state index contributed by atoms with van der Waals surface area (Å²) in [4.78, 5) is 14.5. The number of aromatic carboxylic acids is 1. The Morgan fingerprint density at radius 2 is 2.17 bits per heavy atom. The summed E-state index contributed by atoms with van der Waals surface area (Å²) in [6.07, 6.45) is 3.25. The van der Waals surface area contributed by atoms with Crippen molar-refractivity contribution in [1.82, 2.24) is 4.98 Å². The Balaban J connectivity index is 2.20. The number of carbonyl (C=O) groups is 1. The van der Waals surface area contributed by atoms with Crippen molar-refractivity contribution >= 4 is 16.9 Å². The highest BCUT2D eigenvalue weighted by molar-refractivity contribution is 5.95. The fourth-order valence-corrected chi connectivity index (χ4v) is 2.88. The molecule has 1 heterocycles. The van der Waals surface area contributed by atoms with Gasteiger partial charge in [-0.05, 0) is 48.4 Å². The number of fused-ring (bicyclic) bond motifs is 3. The highest BCUT2D eigenvalue weighted by atomic mass is 16.4. The normalized spacial score (nSPS) is 17.7. The number of carboxylic acid groups (broad SMARTS) is 1. The summed E-state index contributed by atoms with van der Waals surface area (Å²) in [5.41, 5.74) is 4.33. The minimum atomic E-state index is -0.859. The van der Waals surface area contributed by atoms with Gasteiger partial charge in [0, 0.05) is 16.6 Å². The van der Waals surface area contributed by atoms with Gasteiger partial charge in [-0.3, -0.25) is 0 Å². The number of H-pyrrole nitrogens is 1. The Kier molecular flexibility index (Phi) is 2.27. The van der Waals surface area contributed by atoms with Crippen LogP contribution in [0.3, 0.4) is 0 Å². The molecule has 0 fully saturated rings. The first-order chi connectivity index (χ1) is 8.46. The first kappa shape index (κ1) is 11.3. The van der Waals surface area contributed by atoms with E-state index in [9.17, 15) is 4.79 Å². The molecule has 1 aliphatic rings. The Morgan fingerprint density at radius 3 is 2.89 bits per heavy atom. The van der Waals surface area contributed by atoms with Gasteiger partial charge in [0.2, 0.25) is 0 Å². The van der Waals surface area contributed by atoms with Crippen LogP contribution in [-0.4, -0.2) is 16.1 Å². The van der Waals surface area contributed by atoms with Crippen molar-refractivity contribution in [2.24, 2.45) is 5.41 Å². The van der Waals surface area contributed by atoms with Crippen molar-refractivity contribution in [3.63, 3.8) is 0 Å². The molecule has 0 saturated heterocycles. The molecule has 3 heteroatoms. The fraction of sp³-hybridized carbons (Fsp3) is 0.400. The van der Waals surface area contributed by atoms with Gasteiger partial charge in [-0.2, -0.15) is 0 Å². The maximum Gasteiger partial charge on any atom is 0.335 e. The molecule has 3 rings (SSSR count). The summed E-state index contributed by atoms with van der Waals surface area (Å²) in [5.74, 6) is -0.859. The first-order valence-electron chi connectivity index (χ1n) is 6.33. The summed E-state index contributed by atoms with van der Waals surface area (Å²) in [5, 5.41) is 10.2. The molecule has 94 valence electrons. The minimum absolute atomic E-state index is 0.307. The van der Waals surface area contributed by atoms with E-state index in [0.717, 1.165) is 23.7 Å². The zero-order valence-corrected chi connectivity index (χ0v) is 10.7. The SMILES string of the molecule is CC1(C)CCc2[nH]c3ccc(C(=O)O)cc3c2C1. The molecule has 0 spiro atoms. The zero-order valence-electron chi connectivity index (χ0n) is 10.7. The second-order valence-corrected chi connectivity index (χ2v) is 5.99. The summed E-state index contributed by atoms with van der Waals surface area (Å²) in [7, 11) is 0. The van der Waals surface area contributed by atoms with E-state index in [2.05, 4.69) is 18.8 Å². The number of hydrogen-bond acceptors (Lipinski definition) is 1. The highest BCUT2D eigenvalue weighted by Gasteiger charge is 2.28. The second kappa shape index (κ2) is 3.61. The smallest absolute Gasteiger partial charge is 0.335 e. The summed E-state index contributed by atoms with van der Waals surface area (Å²) < 4.78 is 0. The van der Waals surface area contributed by atoms with E-state index in [1.165, 1.54) is 17.7 Å². The van der Waals surface area contributed by atoms with Crippen molar-refractivity contribution < 1.29 is 9.90 Å². The van der Waals surface area contributed by atoms with Crippen molar-refractivity contribution in [3.8, 4) is 0 Å². The third kappa shape index (κ3) is 1.70. The predicted molar refractivity (Wildman–Crippen MR) is 71.1 cm³/mol. The van der Waals surface area contributed by atoms with E-state index < -0.39 is 5.97 Å². The van der Waals surface area contributed by atoms with Crippen LogP contribution in [0.2, 0.25) is 0 Å². The molecule has 0 bridgehead atoms. The van der Waals surface area contributed by atoms with Crippen molar-refractivity contribution in [3.05, 3.63) is 35.0 Å². The van der Waals surface area contributed by atoms with Gasteiger partial charge in [0.05, 0.1) is 5.56 Å². The Labute approximate surface area is 106 Å². The molecular formula is C15H17NO2. The van der Waals surface area contributed by atoms with Gasteiger partial charge in [-0.1, -0.05) is 13.8 Å². The lowest BCUT2D eigenvalue weighted by molar-refractivity contribution is 0.0697. The van der Waals surface area contributed by atoms with E-state index in [1.54, 1.807) is 12.1 Å². The van der Waals surface area contributed by atoms with E-state index in [0.29, 0.717) is 11.0 Å². The maximum atomic E-state index is 11.1. The second-order valence-electron chi connectivity index (χ2n) is 5.99. The van der Waals surface area contributed by atoms with E-state index in [4.69, 9.17) is 5.11 Å². The molecule has 0 radical (unpaired) electrons.